The van der Waals surface area contributed by atoms with E-state index in [0.717, 1.165) is 12.1 Å². The summed E-state index contributed by atoms with van der Waals surface area (Å²) in [5.74, 6) is 1.11. The maximum Gasteiger partial charge on any atom is 0.260 e. The van der Waals surface area contributed by atoms with E-state index in [0.29, 0.717) is 17.1 Å². The molecule has 21 heavy (non-hydrogen) atoms. The molecule has 1 aliphatic carbocycles. The molecule has 1 fully saturated rings. The van der Waals surface area contributed by atoms with E-state index in [2.05, 4.69) is 19.2 Å². The molecule has 0 saturated heterocycles. The van der Waals surface area contributed by atoms with E-state index in [-0.39, 0.29) is 12.5 Å². The molecule has 4 nitrogen and oxygen atoms in total. The summed E-state index contributed by atoms with van der Waals surface area (Å²) in [5, 5.41) is 12.1. The van der Waals surface area contributed by atoms with Gasteiger partial charge in [0.15, 0.2) is 6.10 Å². The molecule has 1 saturated carbocycles. The van der Waals surface area contributed by atoms with Gasteiger partial charge >= 0.3 is 0 Å². The number of hydrogen-bond acceptors (Lipinski definition) is 3. The lowest BCUT2D eigenvalue weighted by Gasteiger charge is -2.22. The van der Waals surface area contributed by atoms with Crippen LogP contribution >= 0.6 is 0 Å². The summed E-state index contributed by atoms with van der Waals surface area (Å²) in [4.78, 5) is 12.1. The number of ether oxygens (including phenoxy) is 1. The highest BCUT2D eigenvalue weighted by Gasteiger charge is 2.45. The first kappa shape index (κ1) is 15.8. The Morgan fingerprint density at radius 3 is 2.67 bits per heavy atom. The zero-order valence-electron chi connectivity index (χ0n) is 13.1. The van der Waals surface area contributed by atoms with Crippen LogP contribution in [0.5, 0.6) is 5.75 Å². The summed E-state index contributed by atoms with van der Waals surface area (Å²) in [6, 6.07) is 7.17. The average molecular weight is 291 g/mol. The van der Waals surface area contributed by atoms with Crippen LogP contribution in [0.1, 0.15) is 39.2 Å². The third-order valence-corrected chi connectivity index (χ3v) is 4.49. The highest BCUT2D eigenvalue weighted by Crippen LogP contribution is 2.51. The fraction of sp³-hybridized carbons (Fsp3) is 0.588. The summed E-state index contributed by atoms with van der Waals surface area (Å²) in [6.45, 7) is 6.86. The number of carbonyl (C=O) groups excluding carboxylic acids is 1. The van der Waals surface area contributed by atoms with Gasteiger partial charge in [0.1, 0.15) is 5.75 Å². The Bertz CT molecular complexity index is 495. The first-order chi connectivity index (χ1) is 9.97. The maximum absolute atomic E-state index is 12.1. The monoisotopic (exact) mass is 291 g/mol. The Morgan fingerprint density at radius 2 is 2.10 bits per heavy atom. The SMILES string of the molecule is CC(Oc1cccc(CO)c1)C(=O)NCC1(C(C)C)CC1. The van der Waals surface area contributed by atoms with E-state index in [9.17, 15) is 4.79 Å². The number of aliphatic hydroxyl groups is 1. The van der Waals surface area contributed by atoms with Crippen LogP contribution in [0.4, 0.5) is 0 Å². The fourth-order valence-corrected chi connectivity index (χ4v) is 2.50. The van der Waals surface area contributed by atoms with Crippen LogP contribution in [-0.2, 0) is 11.4 Å². The van der Waals surface area contributed by atoms with E-state index in [1.165, 1.54) is 12.8 Å². The first-order valence-electron chi connectivity index (χ1n) is 7.61. The first-order valence-corrected chi connectivity index (χ1v) is 7.61. The number of nitrogens with one attached hydrogen (secondary N) is 1. The standard InChI is InChI=1S/C17H25NO3/c1-12(2)17(7-8-17)11-18-16(20)13(3)21-15-6-4-5-14(9-15)10-19/h4-6,9,12-13,19H,7-8,10-11H2,1-3H3,(H,18,20). The summed E-state index contributed by atoms with van der Waals surface area (Å²) in [7, 11) is 0. The van der Waals surface area contributed by atoms with Gasteiger partial charge < -0.3 is 15.2 Å². The normalized spacial score (nSPS) is 17.4. The quantitative estimate of drug-likeness (QED) is 0.811. The summed E-state index contributed by atoms with van der Waals surface area (Å²) < 4.78 is 5.64. The van der Waals surface area contributed by atoms with E-state index >= 15 is 0 Å². The summed E-state index contributed by atoms with van der Waals surface area (Å²) in [6.07, 6.45) is 1.85. The van der Waals surface area contributed by atoms with Crippen LogP contribution in [0.15, 0.2) is 24.3 Å². The molecule has 0 bridgehead atoms. The Balaban J connectivity index is 1.85. The number of hydrogen-bond donors (Lipinski definition) is 2. The number of amides is 1. The summed E-state index contributed by atoms with van der Waals surface area (Å²) in [5.41, 5.74) is 1.07. The predicted molar refractivity (Wildman–Crippen MR) is 82.0 cm³/mol. The van der Waals surface area contributed by atoms with E-state index in [4.69, 9.17) is 9.84 Å². The molecule has 0 aromatic heterocycles. The van der Waals surface area contributed by atoms with Crippen molar-refractivity contribution in [2.75, 3.05) is 6.54 Å². The summed E-state index contributed by atoms with van der Waals surface area (Å²) >= 11 is 0. The van der Waals surface area contributed by atoms with Gasteiger partial charge in [-0.05, 0) is 48.8 Å². The van der Waals surface area contributed by atoms with Crippen molar-refractivity contribution < 1.29 is 14.6 Å². The van der Waals surface area contributed by atoms with Gasteiger partial charge in [0.05, 0.1) is 6.61 Å². The van der Waals surface area contributed by atoms with E-state index in [1.807, 2.05) is 12.1 Å². The molecule has 1 aromatic rings. The van der Waals surface area contributed by atoms with E-state index in [1.54, 1.807) is 19.1 Å². The van der Waals surface area contributed by atoms with Crippen molar-refractivity contribution in [1.82, 2.24) is 5.32 Å². The minimum Gasteiger partial charge on any atom is -0.481 e. The average Bonchev–Trinajstić information content (AvgIpc) is 3.26. The van der Waals surface area contributed by atoms with Gasteiger partial charge in [0.25, 0.3) is 5.91 Å². The highest BCUT2D eigenvalue weighted by atomic mass is 16.5. The molecule has 0 spiro atoms. The van der Waals surface area contributed by atoms with Gasteiger partial charge in [-0.1, -0.05) is 26.0 Å². The van der Waals surface area contributed by atoms with Crippen molar-refractivity contribution in [1.29, 1.82) is 0 Å². The Kier molecular flexibility index (Phi) is 4.88. The molecule has 1 aromatic carbocycles. The lowest BCUT2D eigenvalue weighted by molar-refractivity contribution is -0.127. The number of rotatable bonds is 7. The van der Waals surface area contributed by atoms with Crippen molar-refractivity contribution in [2.45, 2.75) is 46.3 Å². The van der Waals surface area contributed by atoms with Crippen molar-refractivity contribution in [3.8, 4) is 5.75 Å². The van der Waals surface area contributed by atoms with Gasteiger partial charge in [-0.25, -0.2) is 0 Å². The zero-order chi connectivity index (χ0) is 15.5. The molecule has 2 rings (SSSR count). The molecule has 1 atom stereocenters. The zero-order valence-corrected chi connectivity index (χ0v) is 13.1. The van der Waals surface area contributed by atoms with Crippen LogP contribution in [-0.4, -0.2) is 23.7 Å². The van der Waals surface area contributed by atoms with Crippen molar-refractivity contribution in [3.05, 3.63) is 29.8 Å². The van der Waals surface area contributed by atoms with Gasteiger partial charge in [-0.15, -0.1) is 0 Å². The fourth-order valence-electron chi connectivity index (χ4n) is 2.50. The molecule has 0 radical (unpaired) electrons. The van der Waals surface area contributed by atoms with Crippen molar-refractivity contribution in [3.63, 3.8) is 0 Å². The second kappa shape index (κ2) is 6.48. The topological polar surface area (TPSA) is 58.6 Å². The predicted octanol–water partition coefficient (Wildman–Crippen LogP) is 2.50. The number of aliphatic hydroxyl groups excluding tert-OH is 1. The second-order valence-electron chi connectivity index (χ2n) is 6.30. The lowest BCUT2D eigenvalue weighted by atomic mass is 9.92. The molecular formula is C17H25NO3. The Labute approximate surface area is 126 Å². The maximum atomic E-state index is 12.1. The molecule has 1 aliphatic rings. The Hall–Kier alpha value is -1.55. The van der Waals surface area contributed by atoms with Gasteiger partial charge in [0, 0.05) is 6.54 Å². The van der Waals surface area contributed by atoms with E-state index < -0.39 is 6.10 Å². The number of carbonyl (C=O) groups is 1. The van der Waals surface area contributed by atoms with Gasteiger partial charge in [-0.3, -0.25) is 4.79 Å². The minimum absolute atomic E-state index is 0.0330. The molecule has 1 amide bonds. The van der Waals surface area contributed by atoms with Crippen LogP contribution in [0, 0.1) is 11.3 Å². The largest absolute Gasteiger partial charge is 0.481 e. The molecule has 2 N–H and O–H groups in total. The molecular weight excluding hydrogens is 266 g/mol. The van der Waals surface area contributed by atoms with Crippen molar-refractivity contribution in [2.24, 2.45) is 11.3 Å². The Morgan fingerprint density at radius 1 is 1.38 bits per heavy atom. The third-order valence-electron chi connectivity index (χ3n) is 4.49. The van der Waals surface area contributed by atoms with Crippen LogP contribution in [0.3, 0.4) is 0 Å². The van der Waals surface area contributed by atoms with Gasteiger partial charge in [0.2, 0.25) is 0 Å². The molecule has 1 unspecified atom stereocenters. The third kappa shape index (κ3) is 3.97. The van der Waals surface area contributed by atoms with Gasteiger partial charge in [-0.2, -0.15) is 0 Å². The van der Waals surface area contributed by atoms with Crippen LogP contribution in [0.25, 0.3) is 0 Å². The molecule has 0 heterocycles. The minimum atomic E-state index is -0.540. The second-order valence-corrected chi connectivity index (χ2v) is 6.30. The molecule has 116 valence electrons. The lowest BCUT2D eigenvalue weighted by Crippen LogP contribution is -2.40. The molecule has 0 aliphatic heterocycles. The van der Waals surface area contributed by atoms with Crippen LogP contribution in [0.2, 0.25) is 0 Å². The highest BCUT2D eigenvalue weighted by molar-refractivity contribution is 5.80. The molecule has 4 heteroatoms. The van der Waals surface area contributed by atoms with Crippen molar-refractivity contribution >= 4 is 5.91 Å². The number of benzene rings is 1. The smallest absolute Gasteiger partial charge is 0.260 e. The van der Waals surface area contributed by atoms with Crippen LogP contribution < -0.4 is 10.1 Å².